The summed E-state index contributed by atoms with van der Waals surface area (Å²) in [7, 11) is 5.74. The van der Waals surface area contributed by atoms with Crippen LogP contribution in [-0.2, 0) is 7.05 Å². The molecule has 0 radical (unpaired) electrons. The molecular formula is C17H19N5O3. The van der Waals surface area contributed by atoms with Gasteiger partial charge in [-0.2, -0.15) is 5.10 Å². The fourth-order valence-electron chi connectivity index (χ4n) is 2.55. The van der Waals surface area contributed by atoms with E-state index in [2.05, 4.69) is 10.1 Å². The van der Waals surface area contributed by atoms with Crippen LogP contribution in [0.3, 0.4) is 0 Å². The van der Waals surface area contributed by atoms with E-state index in [0.717, 1.165) is 28.4 Å². The third-order valence-electron chi connectivity index (χ3n) is 3.84. The molecule has 3 rings (SSSR count). The van der Waals surface area contributed by atoms with Crippen LogP contribution in [0.1, 0.15) is 0 Å². The molecule has 0 atom stereocenters. The average molecular weight is 341 g/mol. The summed E-state index contributed by atoms with van der Waals surface area (Å²) in [6.07, 6.45) is 5.23. The zero-order valence-electron chi connectivity index (χ0n) is 14.3. The van der Waals surface area contributed by atoms with Gasteiger partial charge in [-0.25, -0.2) is 4.98 Å². The minimum atomic E-state index is -0.403. The van der Waals surface area contributed by atoms with Gasteiger partial charge in [0, 0.05) is 60.0 Å². The maximum absolute atomic E-state index is 11.2. The van der Waals surface area contributed by atoms with Crippen LogP contribution < -0.4 is 4.74 Å². The first-order valence-corrected chi connectivity index (χ1v) is 7.79. The van der Waals surface area contributed by atoms with Gasteiger partial charge in [-0.3, -0.25) is 14.8 Å². The number of pyridine rings is 1. The van der Waals surface area contributed by atoms with Crippen molar-refractivity contribution < 1.29 is 9.66 Å². The van der Waals surface area contributed by atoms with Gasteiger partial charge in [-0.15, -0.1) is 0 Å². The summed E-state index contributed by atoms with van der Waals surface area (Å²) in [5.41, 5.74) is 1.66. The molecule has 0 bridgehead atoms. The number of benzene rings is 1. The number of nitrogens with zero attached hydrogens (tertiary/aromatic N) is 5. The second-order valence-electron chi connectivity index (χ2n) is 6.02. The number of non-ortho nitro benzene ring substituents is 1. The van der Waals surface area contributed by atoms with Gasteiger partial charge in [-0.1, -0.05) is 0 Å². The van der Waals surface area contributed by atoms with Crippen LogP contribution in [0.25, 0.3) is 21.9 Å². The molecule has 0 unspecified atom stereocenters. The van der Waals surface area contributed by atoms with Gasteiger partial charge in [0.1, 0.15) is 6.61 Å². The number of nitro benzene ring substituents is 1. The molecule has 0 aliphatic carbocycles. The second-order valence-corrected chi connectivity index (χ2v) is 6.02. The molecule has 2 heterocycles. The molecule has 0 saturated heterocycles. The van der Waals surface area contributed by atoms with Crippen molar-refractivity contribution in [2.75, 3.05) is 27.2 Å². The molecule has 0 fully saturated rings. The van der Waals surface area contributed by atoms with Gasteiger partial charge in [0.25, 0.3) is 5.69 Å². The topological polar surface area (TPSA) is 86.3 Å². The van der Waals surface area contributed by atoms with Crippen molar-refractivity contribution in [3.05, 3.63) is 46.9 Å². The van der Waals surface area contributed by atoms with E-state index in [-0.39, 0.29) is 5.69 Å². The number of aromatic nitrogens is 3. The Kier molecular flexibility index (Phi) is 4.62. The number of ether oxygens (including phenoxy) is 1. The molecule has 1 aromatic carbocycles. The fourth-order valence-corrected chi connectivity index (χ4v) is 2.55. The van der Waals surface area contributed by atoms with Crippen LogP contribution in [0.4, 0.5) is 5.69 Å². The van der Waals surface area contributed by atoms with Crippen molar-refractivity contribution in [1.29, 1.82) is 0 Å². The lowest BCUT2D eigenvalue weighted by Crippen LogP contribution is -2.19. The van der Waals surface area contributed by atoms with E-state index in [9.17, 15) is 10.1 Å². The van der Waals surface area contributed by atoms with Crippen LogP contribution in [0.5, 0.6) is 5.88 Å². The minimum Gasteiger partial charge on any atom is -0.476 e. The third-order valence-corrected chi connectivity index (χ3v) is 3.84. The molecule has 130 valence electrons. The number of hydrogen-bond acceptors (Lipinski definition) is 6. The van der Waals surface area contributed by atoms with E-state index < -0.39 is 4.92 Å². The van der Waals surface area contributed by atoms with Gasteiger partial charge in [0.2, 0.25) is 5.88 Å². The molecule has 25 heavy (non-hydrogen) atoms. The number of rotatable bonds is 6. The Labute approximate surface area is 144 Å². The highest BCUT2D eigenvalue weighted by Crippen LogP contribution is 2.34. The highest BCUT2D eigenvalue weighted by atomic mass is 16.6. The first kappa shape index (κ1) is 16.8. The van der Waals surface area contributed by atoms with Gasteiger partial charge in [0.15, 0.2) is 0 Å². The van der Waals surface area contributed by atoms with Crippen molar-refractivity contribution in [1.82, 2.24) is 19.7 Å². The lowest BCUT2D eigenvalue weighted by atomic mass is 10.0. The molecular weight excluding hydrogens is 322 g/mol. The number of likely N-dealkylation sites (N-methyl/N-ethyl adjacent to an activating group) is 1. The Bertz CT molecular complexity index is 920. The average Bonchev–Trinajstić information content (AvgIpc) is 3.00. The summed E-state index contributed by atoms with van der Waals surface area (Å²) in [4.78, 5) is 17.2. The number of aryl methyl sites for hydroxylation is 1. The zero-order chi connectivity index (χ0) is 18.0. The Morgan fingerprint density at radius 3 is 2.72 bits per heavy atom. The highest BCUT2D eigenvalue weighted by molar-refractivity contribution is 5.99. The lowest BCUT2D eigenvalue weighted by Gasteiger charge is -2.13. The first-order chi connectivity index (χ1) is 12.0. The second kappa shape index (κ2) is 6.86. The van der Waals surface area contributed by atoms with Gasteiger partial charge < -0.3 is 9.64 Å². The van der Waals surface area contributed by atoms with Gasteiger partial charge in [0.05, 0.1) is 11.1 Å². The Morgan fingerprint density at radius 1 is 1.28 bits per heavy atom. The molecule has 8 heteroatoms. The van der Waals surface area contributed by atoms with Crippen LogP contribution >= 0.6 is 0 Å². The summed E-state index contributed by atoms with van der Waals surface area (Å²) < 4.78 is 7.46. The molecule has 3 aromatic rings. The molecule has 0 aliphatic rings. The standard InChI is InChI=1S/C17H19N5O3/c1-20(2)6-7-25-17-14-5-4-13(22(23)24)8-15(14)16(10-18-17)12-9-19-21(3)11-12/h4-5,8-11H,6-7H2,1-3H3. The van der Waals surface area contributed by atoms with Crippen molar-refractivity contribution in [3.63, 3.8) is 0 Å². The monoisotopic (exact) mass is 341 g/mol. The quantitative estimate of drug-likeness (QED) is 0.506. The molecule has 2 aromatic heterocycles. The molecule has 0 aliphatic heterocycles. The predicted molar refractivity (Wildman–Crippen MR) is 94.6 cm³/mol. The van der Waals surface area contributed by atoms with Crippen LogP contribution in [-0.4, -0.2) is 51.8 Å². The Morgan fingerprint density at radius 2 is 2.08 bits per heavy atom. The molecule has 0 amide bonds. The summed E-state index contributed by atoms with van der Waals surface area (Å²) in [6, 6.07) is 4.71. The predicted octanol–water partition coefficient (Wildman–Crippen LogP) is 2.48. The summed E-state index contributed by atoms with van der Waals surface area (Å²) in [5, 5.41) is 16.8. The van der Waals surface area contributed by atoms with Crippen LogP contribution in [0.15, 0.2) is 36.8 Å². The Hall–Kier alpha value is -3.00. The van der Waals surface area contributed by atoms with Crippen molar-refractivity contribution >= 4 is 16.5 Å². The first-order valence-electron chi connectivity index (χ1n) is 7.79. The van der Waals surface area contributed by atoms with E-state index in [1.807, 2.05) is 32.2 Å². The highest BCUT2D eigenvalue weighted by Gasteiger charge is 2.15. The normalized spacial score (nSPS) is 11.2. The maximum Gasteiger partial charge on any atom is 0.270 e. The molecule has 8 nitrogen and oxygen atoms in total. The SMILES string of the molecule is CN(C)CCOc1ncc(-c2cnn(C)c2)c2cc([N+](=O)[O-])ccc12. The van der Waals surface area contributed by atoms with E-state index >= 15 is 0 Å². The van der Waals surface area contributed by atoms with E-state index in [4.69, 9.17) is 4.74 Å². The number of fused-ring (bicyclic) bond motifs is 1. The fraction of sp³-hybridized carbons (Fsp3) is 0.294. The van der Waals surface area contributed by atoms with Gasteiger partial charge in [-0.05, 0) is 20.2 Å². The zero-order valence-corrected chi connectivity index (χ0v) is 14.3. The van der Waals surface area contributed by atoms with E-state index in [1.165, 1.54) is 6.07 Å². The van der Waals surface area contributed by atoms with Gasteiger partial charge >= 0.3 is 0 Å². The van der Waals surface area contributed by atoms with Crippen molar-refractivity contribution in [3.8, 4) is 17.0 Å². The summed E-state index contributed by atoms with van der Waals surface area (Å²) >= 11 is 0. The number of hydrogen-bond donors (Lipinski definition) is 0. The van der Waals surface area contributed by atoms with Crippen molar-refractivity contribution in [2.24, 2.45) is 7.05 Å². The smallest absolute Gasteiger partial charge is 0.270 e. The Balaban J connectivity index is 2.10. The summed E-state index contributed by atoms with van der Waals surface area (Å²) in [5.74, 6) is 0.472. The van der Waals surface area contributed by atoms with E-state index in [0.29, 0.717) is 12.5 Å². The van der Waals surface area contributed by atoms with Crippen LogP contribution in [0.2, 0.25) is 0 Å². The summed E-state index contributed by atoms with van der Waals surface area (Å²) in [6.45, 7) is 1.23. The minimum absolute atomic E-state index is 0.0306. The van der Waals surface area contributed by atoms with Crippen LogP contribution in [0, 0.1) is 10.1 Å². The van der Waals surface area contributed by atoms with E-state index in [1.54, 1.807) is 29.2 Å². The lowest BCUT2D eigenvalue weighted by molar-refractivity contribution is -0.384. The number of nitro groups is 1. The molecule has 0 saturated carbocycles. The molecule has 0 N–H and O–H groups in total. The maximum atomic E-state index is 11.2. The largest absolute Gasteiger partial charge is 0.476 e. The molecule has 0 spiro atoms. The van der Waals surface area contributed by atoms with Crippen molar-refractivity contribution in [2.45, 2.75) is 0 Å². The third kappa shape index (κ3) is 3.58.